The second-order valence-corrected chi connectivity index (χ2v) is 1.41. The standard InChI is InChI=1S/2C3H8.2CH4/c2*1-3-2;;/h2*3H2,1-2H3;2*1H4. The molecule has 0 amide bonds. The first-order valence-corrected chi connectivity index (χ1v) is 2.83. The van der Waals surface area contributed by atoms with Gasteiger partial charge in [0.15, 0.2) is 0 Å². The van der Waals surface area contributed by atoms with Gasteiger partial charge in [-0.15, -0.1) is 0 Å². The maximum atomic E-state index is 2.12. The van der Waals surface area contributed by atoms with E-state index in [1.54, 1.807) is 0 Å². The zero-order chi connectivity index (χ0) is 5.41. The minimum absolute atomic E-state index is 0. The van der Waals surface area contributed by atoms with Gasteiger partial charge < -0.3 is 0 Å². The van der Waals surface area contributed by atoms with Crippen LogP contribution in [0.3, 0.4) is 0 Å². The van der Waals surface area contributed by atoms with Crippen LogP contribution in [-0.2, 0) is 0 Å². The Bertz CT molecular complexity index is 2.00. The summed E-state index contributed by atoms with van der Waals surface area (Å²) in [6.45, 7) is 8.50. The zero-order valence-corrected chi connectivity index (χ0v) is 5.41. The molecular weight excluding hydrogens is 96.1 g/mol. The van der Waals surface area contributed by atoms with Crippen molar-refractivity contribution in [2.75, 3.05) is 0 Å². The van der Waals surface area contributed by atoms with Crippen LogP contribution in [0.25, 0.3) is 0 Å². The fraction of sp³-hybridized carbons (Fsp3) is 1.00. The molecule has 0 unspecified atom stereocenters. The van der Waals surface area contributed by atoms with Gasteiger partial charge in [0, 0.05) is 0 Å². The Hall–Kier alpha value is 0. The lowest BCUT2D eigenvalue weighted by Crippen LogP contribution is -1.27. The monoisotopic (exact) mass is 120 g/mol. The summed E-state index contributed by atoms with van der Waals surface area (Å²) >= 11 is 0. The average Bonchev–Trinajstić information content (AvgIpc) is 1.39. The van der Waals surface area contributed by atoms with Crippen molar-refractivity contribution in [2.24, 2.45) is 0 Å². The van der Waals surface area contributed by atoms with Crippen LogP contribution >= 0.6 is 0 Å². The SMILES string of the molecule is C.C.CCC.CCC. The van der Waals surface area contributed by atoms with Crippen LogP contribution < -0.4 is 0 Å². The van der Waals surface area contributed by atoms with Crippen molar-refractivity contribution in [1.29, 1.82) is 0 Å². The van der Waals surface area contributed by atoms with Gasteiger partial charge in [0.1, 0.15) is 0 Å². The van der Waals surface area contributed by atoms with Crippen LogP contribution in [0.2, 0.25) is 0 Å². The van der Waals surface area contributed by atoms with Gasteiger partial charge in [-0.25, -0.2) is 0 Å². The Labute approximate surface area is 56.3 Å². The molecule has 0 saturated heterocycles. The van der Waals surface area contributed by atoms with Crippen molar-refractivity contribution < 1.29 is 0 Å². The highest BCUT2D eigenvalue weighted by Crippen LogP contribution is 1.56. The van der Waals surface area contributed by atoms with Crippen LogP contribution in [0, 0.1) is 0 Å². The smallest absolute Gasteiger partial charge is 0.0590 e. The van der Waals surface area contributed by atoms with Gasteiger partial charge in [-0.3, -0.25) is 0 Å². The predicted octanol–water partition coefficient (Wildman–Crippen LogP) is 4.10. The van der Waals surface area contributed by atoms with Crippen molar-refractivity contribution in [3.8, 4) is 0 Å². The summed E-state index contributed by atoms with van der Waals surface area (Å²) in [4.78, 5) is 0. The lowest BCUT2D eigenvalue weighted by Gasteiger charge is -1.48. The number of hydrogen-bond donors (Lipinski definition) is 0. The molecule has 0 aliphatic heterocycles. The fourth-order valence-electron chi connectivity index (χ4n) is 0. The molecule has 0 aliphatic rings. The summed E-state index contributed by atoms with van der Waals surface area (Å²) < 4.78 is 0. The van der Waals surface area contributed by atoms with E-state index in [0.29, 0.717) is 0 Å². The van der Waals surface area contributed by atoms with E-state index < -0.39 is 0 Å². The molecule has 0 rings (SSSR count). The lowest BCUT2D eigenvalue weighted by molar-refractivity contribution is 1.09. The molecule has 0 aliphatic carbocycles. The summed E-state index contributed by atoms with van der Waals surface area (Å²) in [5.74, 6) is 0. The maximum Gasteiger partial charge on any atom is -0.0590 e. The molecule has 0 aromatic carbocycles. The highest BCUT2D eigenvalue weighted by Gasteiger charge is 1.36. The van der Waals surface area contributed by atoms with Crippen molar-refractivity contribution in [3.63, 3.8) is 0 Å². The third kappa shape index (κ3) is 0. The lowest BCUT2D eigenvalue weighted by atomic mass is 10.6. The Kier molecular flexibility index (Phi) is 193. The van der Waals surface area contributed by atoms with Crippen LogP contribution in [0.15, 0.2) is 0 Å². The van der Waals surface area contributed by atoms with E-state index in [1.807, 2.05) is 0 Å². The molecule has 8 heavy (non-hydrogen) atoms. The largest absolute Gasteiger partial charge is 0.0776 e. The molecule has 0 nitrogen and oxygen atoms in total. The summed E-state index contributed by atoms with van der Waals surface area (Å²) in [5, 5.41) is 0. The van der Waals surface area contributed by atoms with Crippen LogP contribution in [0.4, 0.5) is 0 Å². The number of hydrogen-bond acceptors (Lipinski definition) is 0. The second-order valence-electron chi connectivity index (χ2n) is 1.41. The van der Waals surface area contributed by atoms with E-state index in [2.05, 4.69) is 27.7 Å². The molecule has 0 N–H and O–H groups in total. The minimum atomic E-state index is 0. The van der Waals surface area contributed by atoms with Gasteiger partial charge in [0.2, 0.25) is 0 Å². The van der Waals surface area contributed by atoms with E-state index in [0.717, 1.165) is 0 Å². The Balaban J connectivity index is -0.0000000160. The molecule has 0 heteroatoms. The first-order chi connectivity index (χ1) is 2.83. The zero-order valence-electron chi connectivity index (χ0n) is 5.41. The van der Waals surface area contributed by atoms with E-state index >= 15 is 0 Å². The van der Waals surface area contributed by atoms with Crippen LogP contribution in [-0.4, -0.2) is 0 Å². The minimum Gasteiger partial charge on any atom is -0.0776 e. The molecule has 56 valence electrons. The van der Waals surface area contributed by atoms with E-state index in [9.17, 15) is 0 Å². The first-order valence-electron chi connectivity index (χ1n) is 2.83. The summed E-state index contributed by atoms with van der Waals surface area (Å²) in [5.41, 5.74) is 0. The predicted molar refractivity (Wildman–Crippen MR) is 45.4 cm³/mol. The molecule has 0 fully saturated rings. The van der Waals surface area contributed by atoms with Crippen molar-refractivity contribution >= 4 is 0 Å². The maximum absolute atomic E-state index is 2.12. The van der Waals surface area contributed by atoms with E-state index in [4.69, 9.17) is 0 Å². The van der Waals surface area contributed by atoms with Gasteiger partial charge >= 0.3 is 0 Å². The molecule has 0 atom stereocenters. The third-order valence-electron chi connectivity index (χ3n) is 0. The van der Waals surface area contributed by atoms with E-state index in [1.165, 1.54) is 12.8 Å². The average molecular weight is 120 g/mol. The van der Waals surface area contributed by atoms with Gasteiger partial charge in [0.05, 0.1) is 0 Å². The van der Waals surface area contributed by atoms with E-state index in [-0.39, 0.29) is 14.9 Å². The van der Waals surface area contributed by atoms with Crippen LogP contribution in [0.5, 0.6) is 0 Å². The highest BCUT2D eigenvalue weighted by atomic mass is 13.4. The van der Waals surface area contributed by atoms with Gasteiger partial charge in [0.25, 0.3) is 0 Å². The van der Waals surface area contributed by atoms with Crippen molar-refractivity contribution in [2.45, 2.75) is 55.4 Å². The Morgan fingerprint density at radius 1 is 0.625 bits per heavy atom. The first kappa shape index (κ1) is 24.5. The molecule has 0 saturated carbocycles. The van der Waals surface area contributed by atoms with Crippen molar-refractivity contribution in [1.82, 2.24) is 0 Å². The summed E-state index contributed by atoms with van der Waals surface area (Å²) in [6.07, 6.45) is 2.50. The molecule has 0 aromatic heterocycles. The molecule has 0 heterocycles. The Morgan fingerprint density at radius 3 is 0.625 bits per heavy atom. The highest BCUT2D eigenvalue weighted by molar-refractivity contribution is 3.92. The summed E-state index contributed by atoms with van der Waals surface area (Å²) in [6, 6.07) is 0. The van der Waals surface area contributed by atoms with Gasteiger partial charge in [-0.2, -0.15) is 0 Å². The van der Waals surface area contributed by atoms with Gasteiger partial charge in [-0.1, -0.05) is 55.4 Å². The normalized spacial score (nSPS) is 4.50. The summed E-state index contributed by atoms with van der Waals surface area (Å²) in [7, 11) is 0. The van der Waals surface area contributed by atoms with Gasteiger partial charge in [-0.05, 0) is 0 Å². The topological polar surface area (TPSA) is 0 Å². The molecule has 0 bridgehead atoms. The second kappa shape index (κ2) is 63.0. The van der Waals surface area contributed by atoms with Crippen molar-refractivity contribution in [3.05, 3.63) is 0 Å². The molecule has 0 aromatic rings. The Morgan fingerprint density at radius 2 is 0.625 bits per heavy atom. The fourth-order valence-corrected chi connectivity index (χ4v) is 0. The molecule has 0 spiro atoms. The van der Waals surface area contributed by atoms with Crippen LogP contribution in [0.1, 0.15) is 55.4 Å². The molecule has 0 radical (unpaired) electrons. The number of rotatable bonds is 0. The quantitative estimate of drug-likeness (QED) is 0.451. The molecular formula is C8H24. The third-order valence-corrected chi connectivity index (χ3v) is 0.